The molecule has 4 rings (SSSR count). The molecule has 118 valence electrons. The molecule has 0 bridgehead atoms. The van der Waals surface area contributed by atoms with Crippen LogP contribution in [0.1, 0.15) is 31.2 Å². The molecule has 1 heterocycles. The van der Waals surface area contributed by atoms with Gasteiger partial charge in [-0.25, -0.2) is 4.98 Å². The Kier molecular flexibility index (Phi) is 3.78. The fourth-order valence-corrected chi connectivity index (χ4v) is 3.08. The van der Waals surface area contributed by atoms with Gasteiger partial charge in [-0.2, -0.15) is 0 Å². The summed E-state index contributed by atoms with van der Waals surface area (Å²) in [7, 11) is 0. The van der Waals surface area contributed by atoms with E-state index in [9.17, 15) is 0 Å². The lowest BCUT2D eigenvalue weighted by atomic mass is 10.1. The first-order chi connectivity index (χ1) is 11.3. The molecule has 1 aromatic heterocycles. The molecule has 0 radical (unpaired) electrons. The Morgan fingerprint density at radius 3 is 2.61 bits per heavy atom. The molecule has 1 aliphatic rings. The Bertz CT molecular complexity index is 800. The second kappa shape index (κ2) is 6.07. The Morgan fingerprint density at radius 2 is 1.87 bits per heavy atom. The maximum Gasteiger partial charge on any atom is 0.119 e. The molecule has 0 amide bonds. The van der Waals surface area contributed by atoms with E-state index in [0.717, 1.165) is 30.1 Å². The van der Waals surface area contributed by atoms with Crippen molar-refractivity contribution in [1.29, 1.82) is 0 Å². The van der Waals surface area contributed by atoms with Gasteiger partial charge in [-0.05, 0) is 55.5 Å². The summed E-state index contributed by atoms with van der Waals surface area (Å²) in [5, 5.41) is 0. The third kappa shape index (κ3) is 3.09. The molecule has 23 heavy (non-hydrogen) atoms. The van der Waals surface area contributed by atoms with E-state index in [2.05, 4.69) is 41.0 Å². The van der Waals surface area contributed by atoms with Crippen molar-refractivity contribution in [2.45, 2.75) is 32.7 Å². The molecular formula is C20H22N2O. The van der Waals surface area contributed by atoms with E-state index in [1.54, 1.807) is 0 Å². The van der Waals surface area contributed by atoms with Crippen LogP contribution in [0.4, 0.5) is 0 Å². The minimum absolute atomic E-state index is 0.705. The van der Waals surface area contributed by atoms with Crippen LogP contribution in [0.2, 0.25) is 0 Å². The number of rotatable bonds is 6. The van der Waals surface area contributed by atoms with Gasteiger partial charge in [0.05, 0.1) is 17.6 Å². The van der Waals surface area contributed by atoms with Crippen LogP contribution in [-0.2, 0) is 13.0 Å². The summed E-state index contributed by atoms with van der Waals surface area (Å²) in [6.07, 6.45) is 3.58. The van der Waals surface area contributed by atoms with E-state index in [1.165, 1.54) is 29.7 Å². The second-order valence-corrected chi connectivity index (χ2v) is 6.32. The summed E-state index contributed by atoms with van der Waals surface area (Å²) in [6.45, 7) is 3.82. The third-order valence-electron chi connectivity index (χ3n) is 4.47. The molecule has 3 aromatic rings. The Hall–Kier alpha value is -2.29. The van der Waals surface area contributed by atoms with Gasteiger partial charge in [0.25, 0.3) is 0 Å². The fourth-order valence-electron chi connectivity index (χ4n) is 3.08. The summed E-state index contributed by atoms with van der Waals surface area (Å²) >= 11 is 0. The van der Waals surface area contributed by atoms with Gasteiger partial charge in [-0.3, -0.25) is 0 Å². The zero-order valence-corrected chi connectivity index (χ0v) is 13.5. The number of hydrogen-bond acceptors (Lipinski definition) is 2. The van der Waals surface area contributed by atoms with Crippen molar-refractivity contribution in [3.63, 3.8) is 0 Å². The molecule has 3 nitrogen and oxygen atoms in total. The lowest BCUT2D eigenvalue weighted by Gasteiger charge is -2.09. The number of nitrogens with zero attached hydrogens (tertiary/aromatic N) is 2. The predicted molar refractivity (Wildman–Crippen MR) is 92.9 cm³/mol. The Balaban J connectivity index is 1.64. The average molecular weight is 306 g/mol. The zero-order valence-electron chi connectivity index (χ0n) is 13.5. The van der Waals surface area contributed by atoms with Crippen LogP contribution in [0.5, 0.6) is 5.75 Å². The molecule has 0 unspecified atom stereocenters. The summed E-state index contributed by atoms with van der Waals surface area (Å²) < 4.78 is 7.94. The molecule has 1 saturated carbocycles. The highest BCUT2D eigenvalue weighted by molar-refractivity contribution is 5.76. The van der Waals surface area contributed by atoms with Crippen LogP contribution in [0, 0.1) is 5.92 Å². The molecule has 0 atom stereocenters. The Labute approximate surface area is 136 Å². The number of hydrogen-bond donors (Lipinski definition) is 0. The van der Waals surface area contributed by atoms with Crippen molar-refractivity contribution in [2.24, 2.45) is 5.92 Å². The van der Waals surface area contributed by atoms with Crippen molar-refractivity contribution >= 4 is 11.0 Å². The number of benzene rings is 2. The van der Waals surface area contributed by atoms with E-state index >= 15 is 0 Å². The molecule has 0 N–H and O–H groups in total. The first-order valence-corrected chi connectivity index (χ1v) is 8.49. The number of ether oxygens (including phenoxy) is 1. The third-order valence-corrected chi connectivity index (χ3v) is 4.47. The van der Waals surface area contributed by atoms with Gasteiger partial charge in [-0.1, -0.05) is 24.3 Å². The van der Waals surface area contributed by atoms with Crippen LogP contribution in [-0.4, -0.2) is 16.2 Å². The largest absolute Gasteiger partial charge is 0.494 e. The maximum atomic E-state index is 5.52. The van der Waals surface area contributed by atoms with Crippen LogP contribution in [0.15, 0.2) is 48.5 Å². The number of aromatic nitrogens is 2. The second-order valence-electron chi connectivity index (χ2n) is 6.32. The number of para-hydroxylation sites is 2. The van der Waals surface area contributed by atoms with Gasteiger partial charge in [0.2, 0.25) is 0 Å². The topological polar surface area (TPSA) is 27.1 Å². The zero-order chi connectivity index (χ0) is 15.6. The first-order valence-electron chi connectivity index (χ1n) is 8.49. The van der Waals surface area contributed by atoms with Gasteiger partial charge >= 0.3 is 0 Å². The lowest BCUT2D eigenvalue weighted by molar-refractivity contribution is 0.340. The van der Waals surface area contributed by atoms with Crippen LogP contribution in [0.3, 0.4) is 0 Å². The van der Waals surface area contributed by atoms with Crippen molar-refractivity contribution in [1.82, 2.24) is 9.55 Å². The smallest absolute Gasteiger partial charge is 0.119 e. The molecule has 1 fully saturated rings. The lowest BCUT2D eigenvalue weighted by Crippen LogP contribution is -2.06. The number of fused-ring (bicyclic) bond motifs is 1. The molecule has 1 aliphatic carbocycles. The molecular weight excluding hydrogens is 284 g/mol. The highest BCUT2D eigenvalue weighted by Crippen LogP contribution is 2.32. The van der Waals surface area contributed by atoms with Crippen LogP contribution >= 0.6 is 0 Å². The van der Waals surface area contributed by atoms with E-state index in [0.29, 0.717) is 6.61 Å². The van der Waals surface area contributed by atoms with Gasteiger partial charge in [0.1, 0.15) is 11.6 Å². The minimum Gasteiger partial charge on any atom is -0.494 e. The van der Waals surface area contributed by atoms with Gasteiger partial charge in [-0.15, -0.1) is 0 Å². The SMILES string of the molecule is CCOc1ccc(Cc2nc3ccccc3n2CC2CC2)cc1. The summed E-state index contributed by atoms with van der Waals surface area (Å²) in [4.78, 5) is 4.88. The van der Waals surface area contributed by atoms with E-state index in [-0.39, 0.29) is 0 Å². The summed E-state index contributed by atoms with van der Waals surface area (Å²) in [5.41, 5.74) is 3.65. The summed E-state index contributed by atoms with van der Waals surface area (Å²) in [5.74, 6) is 2.94. The predicted octanol–water partition coefficient (Wildman–Crippen LogP) is 4.44. The van der Waals surface area contributed by atoms with Gasteiger partial charge < -0.3 is 9.30 Å². The van der Waals surface area contributed by atoms with Crippen molar-refractivity contribution in [3.8, 4) is 5.75 Å². The standard InChI is InChI=1S/C20H22N2O/c1-2-23-17-11-9-15(10-12-17)13-20-21-18-5-3-4-6-19(18)22(20)14-16-7-8-16/h3-6,9-12,16H,2,7-8,13-14H2,1H3. The molecule has 0 saturated heterocycles. The summed E-state index contributed by atoms with van der Waals surface area (Å²) in [6, 6.07) is 16.9. The number of imidazole rings is 1. The highest BCUT2D eigenvalue weighted by atomic mass is 16.5. The highest BCUT2D eigenvalue weighted by Gasteiger charge is 2.24. The fraction of sp³-hybridized carbons (Fsp3) is 0.350. The van der Waals surface area contributed by atoms with Crippen molar-refractivity contribution in [3.05, 3.63) is 59.9 Å². The van der Waals surface area contributed by atoms with E-state index < -0.39 is 0 Å². The quantitative estimate of drug-likeness (QED) is 0.673. The van der Waals surface area contributed by atoms with Gasteiger partial charge in [0, 0.05) is 13.0 Å². The average Bonchev–Trinajstić information content (AvgIpc) is 3.33. The molecule has 2 aromatic carbocycles. The van der Waals surface area contributed by atoms with Gasteiger partial charge in [0.15, 0.2) is 0 Å². The van der Waals surface area contributed by atoms with Crippen LogP contribution < -0.4 is 4.74 Å². The maximum absolute atomic E-state index is 5.52. The van der Waals surface area contributed by atoms with E-state index in [4.69, 9.17) is 9.72 Å². The Morgan fingerprint density at radius 1 is 1.09 bits per heavy atom. The van der Waals surface area contributed by atoms with E-state index in [1.807, 2.05) is 19.1 Å². The molecule has 0 aliphatic heterocycles. The molecule has 3 heteroatoms. The van der Waals surface area contributed by atoms with Crippen molar-refractivity contribution in [2.75, 3.05) is 6.61 Å². The normalized spacial score (nSPS) is 14.3. The monoisotopic (exact) mass is 306 g/mol. The van der Waals surface area contributed by atoms with Crippen LogP contribution in [0.25, 0.3) is 11.0 Å². The minimum atomic E-state index is 0.705. The first kappa shape index (κ1) is 14.3. The van der Waals surface area contributed by atoms with Crippen molar-refractivity contribution < 1.29 is 4.74 Å². The molecule has 0 spiro atoms.